The number of ether oxygens (including phenoxy) is 1. The van der Waals surface area contributed by atoms with Gasteiger partial charge < -0.3 is 14.6 Å². The highest BCUT2D eigenvalue weighted by molar-refractivity contribution is 8.00. The molecule has 0 fully saturated rings. The van der Waals surface area contributed by atoms with Crippen molar-refractivity contribution in [3.05, 3.63) is 33.9 Å². The predicted molar refractivity (Wildman–Crippen MR) is 60.2 cm³/mol. The Morgan fingerprint density at radius 2 is 2.11 bits per heavy atom. The molecule has 0 saturated heterocycles. The summed E-state index contributed by atoms with van der Waals surface area (Å²) in [7, 11) is 1.16. The normalized spacial score (nSPS) is 9.83. The average molecular weight is 270 g/mol. The maximum absolute atomic E-state index is 11.2. The number of rotatable bonds is 5. The second-order valence-electron chi connectivity index (χ2n) is 3.09. The lowest BCUT2D eigenvalue weighted by Crippen LogP contribution is -2.24. The summed E-state index contributed by atoms with van der Waals surface area (Å²) in [5, 5.41) is 21.1. The summed E-state index contributed by atoms with van der Waals surface area (Å²) < 4.78 is 4.44. The molecule has 1 aromatic carbocycles. The van der Waals surface area contributed by atoms with Gasteiger partial charge in [-0.15, -0.1) is 11.8 Å². The van der Waals surface area contributed by atoms with Crippen LogP contribution in [0.3, 0.4) is 0 Å². The Morgan fingerprint density at radius 3 is 2.61 bits per heavy atom. The van der Waals surface area contributed by atoms with Crippen LogP contribution in [0.1, 0.15) is 10.4 Å². The minimum Gasteiger partial charge on any atom is -0.549 e. The van der Waals surface area contributed by atoms with Gasteiger partial charge in [-0.25, -0.2) is 4.79 Å². The number of aliphatic carboxylic acids is 1. The van der Waals surface area contributed by atoms with Crippen LogP contribution in [0, 0.1) is 10.1 Å². The van der Waals surface area contributed by atoms with Crippen LogP contribution in [0.2, 0.25) is 0 Å². The second kappa shape index (κ2) is 6.01. The largest absolute Gasteiger partial charge is 0.549 e. The summed E-state index contributed by atoms with van der Waals surface area (Å²) >= 11 is 0.756. The van der Waals surface area contributed by atoms with Gasteiger partial charge in [0, 0.05) is 11.8 Å². The number of nitrogens with zero attached hydrogens (tertiary/aromatic N) is 1. The number of thioether (sulfide) groups is 1. The van der Waals surface area contributed by atoms with E-state index in [9.17, 15) is 24.8 Å². The van der Waals surface area contributed by atoms with Crippen molar-refractivity contribution in [1.29, 1.82) is 0 Å². The quantitative estimate of drug-likeness (QED) is 0.326. The van der Waals surface area contributed by atoms with E-state index in [0.29, 0.717) is 0 Å². The number of nitro benzene ring substituents is 1. The lowest BCUT2D eigenvalue weighted by molar-refractivity contribution is -0.387. The van der Waals surface area contributed by atoms with E-state index >= 15 is 0 Å². The van der Waals surface area contributed by atoms with Gasteiger partial charge in [-0.3, -0.25) is 10.1 Å². The number of carboxylic acid groups (broad SMARTS) is 1. The van der Waals surface area contributed by atoms with Crippen LogP contribution in [0.4, 0.5) is 5.69 Å². The number of methoxy groups -OCH3 is 1. The summed E-state index contributed by atoms with van der Waals surface area (Å²) in [6, 6.07) is 3.68. The molecule has 0 saturated carbocycles. The maximum Gasteiger partial charge on any atom is 0.338 e. The van der Waals surface area contributed by atoms with Gasteiger partial charge in [-0.1, -0.05) is 0 Å². The van der Waals surface area contributed by atoms with Gasteiger partial charge in [-0.05, 0) is 12.1 Å². The third-order valence-corrected chi connectivity index (χ3v) is 2.96. The molecule has 0 N–H and O–H groups in total. The summed E-state index contributed by atoms with van der Waals surface area (Å²) in [6.07, 6.45) is 0. The predicted octanol–water partition coefficient (Wildman–Crippen LogP) is 0.223. The molecule has 0 aliphatic heterocycles. The first-order valence-corrected chi connectivity index (χ1v) is 5.63. The molecule has 0 atom stereocenters. The molecule has 0 spiro atoms. The van der Waals surface area contributed by atoms with E-state index in [2.05, 4.69) is 4.74 Å². The molecule has 0 radical (unpaired) electrons. The molecule has 18 heavy (non-hydrogen) atoms. The smallest absolute Gasteiger partial charge is 0.338 e. The van der Waals surface area contributed by atoms with Crippen molar-refractivity contribution >= 4 is 29.4 Å². The Hall–Kier alpha value is -2.09. The van der Waals surface area contributed by atoms with E-state index in [1.165, 1.54) is 12.1 Å². The van der Waals surface area contributed by atoms with Crippen molar-refractivity contribution in [2.75, 3.05) is 12.9 Å². The van der Waals surface area contributed by atoms with Crippen molar-refractivity contribution in [2.24, 2.45) is 0 Å². The van der Waals surface area contributed by atoms with Crippen molar-refractivity contribution in [3.63, 3.8) is 0 Å². The Morgan fingerprint density at radius 1 is 1.44 bits per heavy atom. The molecule has 7 nitrogen and oxygen atoms in total. The number of carboxylic acids is 1. The zero-order valence-corrected chi connectivity index (χ0v) is 10.1. The summed E-state index contributed by atoms with van der Waals surface area (Å²) in [5.41, 5.74) is -0.314. The van der Waals surface area contributed by atoms with Crippen molar-refractivity contribution in [1.82, 2.24) is 0 Å². The first kappa shape index (κ1) is 14.0. The highest BCUT2D eigenvalue weighted by Crippen LogP contribution is 2.30. The number of nitro groups is 1. The molecule has 0 heterocycles. The number of hydrogen-bond donors (Lipinski definition) is 0. The standard InChI is InChI=1S/C10H9NO6S/c1-17-10(14)6-2-3-8(18-5-9(12)13)7(4-6)11(15)16/h2-4H,5H2,1H3,(H,12,13)/p-1. The molecule has 0 aliphatic carbocycles. The number of carbonyl (C=O) groups excluding carboxylic acids is 2. The van der Waals surface area contributed by atoms with E-state index in [1.807, 2.05) is 0 Å². The van der Waals surface area contributed by atoms with E-state index in [0.717, 1.165) is 24.9 Å². The first-order chi connectivity index (χ1) is 8.45. The molecule has 1 aromatic rings. The topological polar surface area (TPSA) is 110 Å². The number of benzene rings is 1. The number of esters is 1. The molecule has 0 amide bonds. The van der Waals surface area contributed by atoms with Gasteiger partial charge in [0.05, 0.1) is 28.5 Å². The van der Waals surface area contributed by atoms with Gasteiger partial charge in [0.1, 0.15) is 0 Å². The van der Waals surface area contributed by atoms with Crippen molar-refractivity contribution in [3.8, 4) is 0 Å². The summed E-state index contributed by atoms with van der Waals surface area (Å²) in [4.78, 5) is 31.8. The van der Waals surface area contributed by atoms with Crippen molar-refractivity contribution < 1.29 is 24.4 Å². The second-order valence-corrected chi connectivity index (χ2v) is 4.11. The molecule has 0 bridgehead atoms. The molecule has 96 valence electrons. The van der Waals surface area contributed by atoms with E-state index in [1.54, 1.807) is 0 Å². The first-order valence-electron chi connectivity index (χ1n) is 4.65. The van der Waals surface area contributed by atoms with E-state index in [-0.39, 0.29) is 16.1 Å². The monoisotopic (exact) mass is 270 g/mol. The zero-order valence-electron chi connectivity index (χ0n) is 9.24. The number of carbonyl (C=O) groups is 2. The maximum atomic E-state index is 11.2. The third kappa shape index (κ3) is 3.45. The van der Waals surface area contributed by atoms with Crippen LogP contribution in [-0.2, 0) is 9.53 Å². The molecule has 1 rings (SSSR count). The van der Waals surface area contributed by atoms with Crippen LogP contribution in [0.5, 0.6) is 0 Å². The average Bonchev–Trinajstić information content (AvgIpc) is 2.34. The SMILES string of the molecule is COC(=O)c1ccc(SCC(=O)[O-])c([N+](=O)[O-])c1. The van der Waals surface area contributed by atoms with Crippen LogP contribution in [0.25, 0.3) is 0 Å². The third-order valence-electron chi connectivity index (χ3n) is 1.92. The molecule has 0 unspecified atom stereocenters. The molecule has 8 heteroatoms. The van der Waals surface area contributed by atoms with Crippen LogP contribution in [0.15, 0.2) is 23.1 Å². The lowest BCUT2D eigenvalue weighted by Gasteiger charge is -2.05. The van der Waals surface area contributed by atoms with Gasteiger partial charge >= 0.3 is 5.97 Å². The zero-order chi connectivity index (χ0) is 13.7. The fourth-order valence-corrected chi connectivity index (χ4v) is 1.88. The van der Waals surface area contributed by atoms with Crippen molar-refractivity contribution in [2.45, 2.75) is 4.90 Å². The fraction of sp³-hybridized carbons (Fsp3) is 0.200. The molecule has 0 aromatic heterocycles. The summed E-state index contributed by atoms with van der Waals surface area (Å²) in [5.74, 6) is -2.43. The van der Waals surface area contributed by atoms with Gasteiger partial charge in [0.15, 0.2) is 0 Å². The summed E-state index contributed by atoms with van der Waals surface area (Å²) in [6.45, 7) is 0. The Balaban J connectivity index is 3.08. The highest BCUT2D eigenvalue weighted by Gasteiger charge is 2.18. The fourth-order valence-electron chi connectivity index (χ4n) is 1.16. The Bertz CT molecular complexity index is 501. The van der Waals surface area contributed by atoms with Crippen LogP contribution in [-0.4, -0.2) is 29.7 Å². The minimum absolute atomic E-state index is 0.0296. The Labute approximate surface area is 106 Å². The molecular formula is C10H8NO6S-. The highest BCUT2D eigenvalue weighted by atomic mass is 32.2. The molecular weight excluding hydrogens is 262 g/mol. The van der Waals surface area contributed by atoms with E-state index in [4.69, 9.17) is 0 Å². The van der Waals surface area contributed by atoms with Gasteiger partial charge in [0.2, 0.25) is 0 Å². The van der Waals surface area contributed by atoms with Gasteiger partial charge in [0.25, 0.3) is 5.69 Å². The molecule has 0 aliphatic rings. The Kier molecular flexibility index (Phi) is 4.67. The number of hydrogen-bond acceptors (Lipinski definition) is 7. The lowest BCUT2D eigenvalue weighted by atomic mass is 10.2. The van der Waals surface area contributed by atoms with Gasteiger partial charge in [-0.2, -0.15) is 0 Å². The van der Waals surface area contributed by atoms with Crippen LogP contribution < -0.4 is 5.11 Å². The van der Waals surface area contributed by atoms with Crippen LogP contribution >= 0.6 is 11.8 Å². The van der Waals surface area contributed by atoms with E-state index < -0.39 is 22.6 Å². The minimum atomic E-state index is -1.33.